The molecular formula is C13H14ClNO. The normalized spacial score (nSPS) is 12.7. The molecule has 2 aromatic rings. The monoisotopic (exact) mass is 235 g/mol. The zero-order valence-corrected chi connectivity index (χ0v) is 9.87. The molecule has 1 aromatic carbocycles. The first kappa shape index (κ1) is 11.2. The maximum Gasteiger partial charge on any atom is 0.125 e. The third kappa shape index (κ3) is 2.29. The van der Waals surface area contributed by atoms with Crippen molar-refractivity contribution in [3.63, 3.8) is 0 Å². The smallest absolute Gasteiger partial charge is 0.125 e. The summed E-state index contributed by atoms with van der Waals surface area (Å²) in [7, 11) is 0. The Morgan fingerprint density at radius 2 is 2.12 bits per heavy atom. The molecule has 2 rings (SSSR count). The SMILES string of the molecule is CCc1ccc(C(N)c2cccc(Cl)c2)o1. The average molecular weight is 236 g/mol. The first-order valence-electron chi connectivity index (χ1n) is 5.30. The Morgan fingerprint density at radius 3 is 2.75 bits per heavy atom. The van der Waals surface area contributed by atoms with Crippen LogP contribution >= 0.6 is 11.6 Å². The second-order valence-corrected chi connectivity index (χ2v) is 4.13. The van der Waals surface area contributed by atoms with Crippen molar-refractivity contribution in [1.29, 1.82) is 0 Å². The third-order valence-corrected chi connectivity index (χ3v) is 2.78. The van der Waals surface area contributed by atoms with Crippen LogP contribution in [0.5, 0.6) is 0 Å². The molecule has 1 unspecified atom stereocenters. The highest BCUT2D eigenvalue weighted by Gasteiger charge is 2.13. The van der Waals surface area contributed by atoms with Gasteiger partial charge in [0.1, 0.15) is 11.5 Å². The van der Waals surface area contributed by atoms with E-state index in [9.17, 15) is 0 Å². The highest BCUT2D eigenvalue weighted by molar-refractivity contribution is 6.30. The minimum Gasteiger partial charge on any atom is -0.464 e. The van der Waals surface area contributed by atoms with Crippen LogP contribution in [0.3, 0.4) is 0 Å². The third-order valence-electron chi connectivity index (χ3n) is 2.55. The summed E-state index contributed by atoms with van der Waals surface area (Å²) in [5.74, 6) is 1.73. The predicted molar refractivity (Wildman–Crippen MR) is 65.6 cm³/mol. The van der Waals surface area contributed by atoms with Crippen LogP contribution in [-0.2, 0) is 6.42 Å². The number of furan rings is 1. The van der Waals surface area contributed by atoms with Gasteiger partial charge in [-0.3, -0.25) is 0 Å². The molecule has 0 aliphatic rings. The van der Waals surface area contributed by atoms with Crippen LogP contribution in [-0.4, -0.2) is 0 Å². The van der Waals surface area contributed by atoms with Gasteiger partial charge in [-0.05, 0) is 29.8 Å². The van der Waals surface area contributed by atoms with Gasteiger partial charge >= 0.3 is 0 Å². The average Bonchev–Trinajstić information content (AvgIpc) is 2.76. The van der Waals surface area contributed by atoms with Gasteiger partial charge in [0.2, 0.25) is 0 Å². The summed E-state index contributed by atoms with van der Waals surface area (Å²) in [6, 6.07) is 11.2. The van der Waals surface area contributed by atoms with Crippen LogP contribution in [0.1, 0.15) is 30.0 Å². The molecule has 0 saturated carbocycles. The van der Waals surface area contributed by atoms with Gasteiger partial charge in [0.25, 0.3) is 0 Å². The van der Waals surface area contributed by atoms with Crippen molar-refractivity contribution in [3.05, 3.63) is 58.5 Å². The zero-order chi connectivity index (χ0) is 11.5. The highest BCUT2D eigenvalue weighted by Crippen LogP contribution is 2.23. The number of hydrogen-bond donors (Lipinski definition) is 1. The van der Waals surface area contributed by atoms with Crippen molar-refractivity contribution in [1.82, 2.24) is 0 Å². The van der Waals surface area contributed by atoms with Gasteiger partial charge in [0, 0.05) is 11.4 Å². The van der Waals surface area contributed by atoms with E-state index in [1.54, 1.807) is 0 Å². The molecule has 3 heteroatoms. The molecule has 1 atom stereocenters. The summed E-state index contributed by atoms with van der Waals surface area (Å²) in [5, 5.41) is 0.690. The molecule has 0 amide bonds. The van der Waals surface area contributed by atoms with Crippen molar-refractivity contribution in [2.75, 3.05) is 0 Å². The van der Waals surface area contributed by atoms with Crippen molar-refractivity contribution < 1.29 is 4.42 Å². The fourth-order valence-corrected chi connectivity index (χ4v) is 1.81. The fraction of sp³-hybridized carbons (Fsp3) is 0.231. The summed E-state index contributed by atoms with van der Waals surface area (Å²) >= 11 is 5.92. The Labute approximate surface area is 100 Å². The fourth-order valence-electron chi connectivity index (χ4n) is 1.62. The lowest BCUT2D eigenvalue weighted by Crippen LogP contribution is -2.10. The van der Waals surface area contributed by atoms with E-state index in [-0.39, 0.29) is 6.04 Å². The van der Waals surface area contributed by atoms with Crippen LogP contribution in [0, 0.1) is 0 Å². The number of benzene rings is 1. The van der Waals surface area contributed by atoms with E-state index >= 15 is 0 Å². The Morgan fingerprint density at radius 1 is 1.31 bits per heavy atom. The maximum atomic E-state index is 6.10. The maximum absolute atomic E-state index is 6.10. The highest BCUT2D eigenvalue weighted by atomic mass is 35.5. The molecule has 0 aliphatic heterocycles. The first-order valence-corrected chi connectivity index (χ1v) is 5.68. The van der Waals surface area contributed by atoms with Gasteiger partial charge in [-0.1, -0.05) is 30.7 Å². The van der Waals surface area contributed by atoms with Crippen LogP contribution in [0.2, 0.25) is 5.02 Å². The molecule has 0 spiro atoms. The van der Waals surface area contributed by atoms with Gasteiger partial charge < -0.3 is 10.2 Å². The van der Waals surface area contributed by atoms with E-state index < -0.39 is 0 Å². The lowest BCUT2D eigenvalue weighted by atomic mass is 10.1. The van der Waals surface area contributed by atoms with Crippen LogP contribution in [0.25, 0.3) is 0 Å². The van der Waals surface area contributed by atoms with Crippen molar-refractivity contribution in [2.24, 2.45) is 5.73 Å². The number of hydrogen-bond acceptors (Lipinski definition) is 2. The molecule has 0 saturated heterocycles. The molecule has 1 heterocycles. The second kappa shape index (κ2) is 4.73. The summed E-state index contributed by atoms with van der Waals surface area (Å²) in [5.41, 5.74) is 7.06. The first-order chi connectivity index (χ1) is 7.70. The quantitative estimate of drug-likeness (QED) is 0.884. The summed E-state index contributed by atoms with van der Waals surface area (Å²) in [6.07, 6.45) is 0.877. The number of halogens is 1. The van der Waals surface area contributed by atoms with E-state index in [1.807, 2.05) is 43.3 Å². The molecule has 0 fully saturated rings. The molecule has 0 radical (unpaired) electrons. The molecule has 16 heavy (non-hydrogen) atoms. The van der Waals surface area contributed by atoms with E-state index in [0.717, 1.165) is 23.5 Å². The molecule has 84 valence electrons. The van der Waals surface area contributed by atoms with E-state index in [0.29, 0.717) is 5.02 Å². The van der Waals surface area contributed by atoms with E-state index in [4.69, 9.17) is 21.8 Å². The zero-order valence-electron chi connectivity index (χ0n) is 9.11. The molecule has 1 aromatic heterocycles. The topological polar surface area (TPSA) is 39.2 Å². The van der Waals surface area contributed by atoms with Crippen LogP contribution in [0.15, 0.2) is 40.8 Å². The Hall–Kier alpha value is -1.25. The lowest BCUT2D eigenvalue weighted by Gasteiger charge is -2.09. The Bertz CT molecular complexity index is 478. The van der Waals surface area contributed by atoms with Gasteiger partial charge in [-0.2, -0.15) is 0 Å². The molecular weight excluding hydrogens is 222 g/mol. The lowest BCUT2D eigenvalue weighted by molar-refractivity contribution is 0.454. The number of nitrogens with two attached hydrogens (primary N) is 1. The standard InChI is InChI=1S/C13H14ClNO/c1-2-11-6-7-12(16-11)13(15)9-4-3-5-10(14)8-9/h3-8,13H,2,15H2,1H3. The molecule has 0 aliphatic carbocycles. The van der Waals surface area contributed by atoms with Gasteiger partial charge in [0.05, 0.1) is 6.04 Å². The van der Waals surface area contributed by atoms with Crippen molar-refractivity contribution in [2.45, 2.75) is 19.4 Å². The molecule has 0 bridgehead atoms. The van der Waals surface area contributed by atoms with Gasteiger partial charge in [-0.15, -0.1) is 0 Å². The van der Waals surface area contributed by atoms with Crippen molar-refractivity contribution in [3.8, 4) is 0 Å². The van der Waals surface area contributed by atoms with Crippen molar-refractivity contribution >= 4 is 11.6 Å². The Kier molecular flexibility index (Phi) is 3.32. The molecule has 2 N–H and O–H groups in total. The number of rotatable bonds is 3. The summed E-state index contributed by atoms with van der Waals surface area (Å²) < 4.78 is 5.62. The predicted octanol–water partition coefficient (Wildman–Crippen LogP) is 3.54. The largest absolute Gasteiger partial charge is 0.464 e. The molecule has 2 nitrogen and oxygen atoms in total. The van der Waals surface area contributed by atoms with E-state index in [1.165, 1.54) is 0 Å². The number of aryl methyl sites for hydroxylation is 1. The minimum atomic E-state index is -0.251. The minimum absolute atomic E-state index is 0.251. The van der Waals surface area contributed by atoms with E-state index in [2.05, 4.69) is 0 Å². The van der Waals surface area contributed by atoms with Crippen LogP contribution < -0.4 is 5.73 Å². The second-order valence-electron chi connectivity index (χ2n) is 3.69. The van der Waals surface area contributed by atoms with Gasteiger partial charge in [-0.25, -0.2) is 0 Å². The van der Waals surface area contributed by atoms with Gasteiger partial charge in [0.15, 0.2) is 0 Å². The van der Waals surface area contributed by atoms with Crippen LogP contribution in [0.4, 0.5) is 0 Å². The summed E-state index contributed by atoms with van der Waals surface area (Å²) in [4.78, 5) is 0. The summed E-state index contributed by atoms with van der Waals surface area (Å²) in [6.45, 7) is 2.05. The Balaban J connectivity index is 2.27.